The lowest BCUT2D eigenvalue weighted by Gasteiger charge is -2.11. The average Bonchev–Trinajstić information content (AvgIpc) is 2.61. The van der Waals surface area contributed by atoms with Crippen molar-refractivity contribution in [2.24, 2.45) is 0 Å². The monoisotopic (exact) mass is 346 g/mol. The van der Waals surface area contributed by atoms with Crippen LogP contribution in [0.3, 0.4) is 0 Å². The van der Waals surface area contributed by atoms with Crippen molar-refractivity contribution < 1.29 is 28.7 Å². The van der Waals surface area contributed by atoms with Gasteiger partial charge in [-0.3, -0.25) is 15.4 Å². The first-order chi connectivity index (χ1) is 11.9. The molecule has 2 aromatic rings. The highest BCUT2D eigenvalue weighted by Gasteiger charge is 2.14. The Balaban J connectivity index is 2.13. The molecule has 2 rings (SSSR count). The van der Waals surface area contributed by atoms with Gasteiger partial charge in [0.1, 0.15) is 11.5 Å². The van der Waals surface area contributed by atoms with E-state index in [4.69, 9.17) is 9.47 Å². The fourth-order valence-corrected chi connectivity index (χ4v) is 1.93. The van der Waals surface area contributed by atoms with Gasteiger partial charge < -0.3 is 14.2 Å². The van der Waals surface area contributed by atoms with Crippen LogP contribution in [0.4, 0.5) is 16.2 Å². The number of carbonyl (C=O) groups is 2. The number of hydrogen-bond donors (Lipinski definition) is 1. The molecule has 0 spiro atoms. The summed E-state index contributed by atoms with van der Waals surface area (Å²) in [7, 11) is 2.64. The highest BCUT2D eigenvalue weighted by Crippen LogP contribution is 2.26. The highest BCUT2D eigenvalue weighted by atomic mass is 16.6. The molecule has 130 valence electrons. The molecule has 2 aromatic carbocycles. The van der Waals surface area contributed by atoms with Crippen LogP contribution in [0.5, 0.6) is 11.5 Å². The second kappa shape index (κ2) is 7.77. The van der Waals surface area contributed by atoms with E-state index in [0.29, 0.717) is 5.75 Å². The lowest BCUT2D eigenvalue weighted by molar-refractivity contribution is -0.384. The van der Waals surface area contributed by atoms with Crippen molar-refractivity contribution in [2.45, 2.75) is 0 Å². The van der Waals surface area contributed by atoms with Gasteiger partial charge in [0.2, 0.25) is 0 Å². The van der Waals surface area contributed by atoms with Crippen LogP contribution in [0.1, 0.15) is 10.4 Å². The summed E-state index contributed by atoms with van der Waals surface area (Å²) < 4.78 is 14.8. The fourth-order valence-electron chi connectivity index (χ4n) is 1.93. The molecule has 0 atom stereocenters. The molecule has 0 saturated heterocycles. The molecule has 0 saturated carbocycles. The fraction of sp³-hybridized carbons (Fsp3) is 0.125. The number of nitro benzene ring substituents is 1. The summed E-state index contributed by atoms with van der Waals surface area (Å²) in [6.07, 6.45) is -0.853. The molecule has 0 aliphatic heterocycles. The Morgan fingerprint density at radius 2 is 1.76 bits per heavy atom. The summed E-state index contributed by atoms with van der Waals surface area (Å²) in [4.78, 5) is 33.6. The van der Waals surface area contributed by atoms with Crippen LogP contribution in [-0.2, 0) is 4.74 Å². The average molecular weight is 346 g/mol. The SMILES string of the molecule is COC(=O)c1ccc(OC)c(NC(=O)Oc2ccc([N+](=O)[O-])cc2)c1. The molecule has 0 fully saturated rings. The Labute approximate surface area is 142 Å². The molecule has 9 nitrogen and oxygen atoms in total. The molecule has 0 radical (unpaired) electrons. The van der Waals surface area contributed by atoms with Gasteiger partial charge in [-0.1, -0.05) is 0 Å². The van der Waals surface area contributed by atoms with Crippen LogP contribution in [0.15, 0.2) is 42.5 Å². The lowest BCUT2D eigenvalue weighted by atomic mass is 10.2. The number of anilines is 1. The van der Waals surface area contributed by atoms with Crippen molar-refractivity contribution in [1.82, 2.24) is 0 Å². The molecule has 9 heteroatoms. The zero-order chi connectivity index (χ0) is 18.4. The number of amides is 1. The van der Waals surface area contributed by atoms with Crippen LogP contribution in [0.25, 0.3) is 0 Å². The van der Waals surface area contributed by atoms with Gasteiger partial charge in [-0.05, 0) is 30.3 Å². The minimum absolute atomic E-state index is 0.117. The third kappa shape index (κ3) is 4.44. The Kier molecular flexibility index (Phi) is 5.51. The largest absolute Gasteiger partial charge is 0.495 e. The van der Waals surface area contributed by atoms with Crippen molar-refractivity contribution in [3.8, 4) is 11.5 Å². The van der Waals surface area contributed by atoms with Gasteiger partial charge in [0, 0.05) is 12.1 Å². The van der Waals surface area contributed by atoms with Crippen molar-refractivity contribution in [3.63, 3.8) is 0 Å². The van der Waals surface area contributed by atoms with E-state index in [2.05, 4.69) is 10.1 Å². The molecule has 0 bridgehead atoms. The van der Waals surface area contributed by atoms with E-state index in [9.17, 15) is 19.7 Å². The molecule has 0 aliphatic rings. The van der Waals surface area contributed by atoms with Gasteiger partial charge in [0.05, 0.1) is 30.4 Å². The first-order valence-corrected chi connectivity index (χ1v) is 6.94. The maximum absolute atomic E-state index is 12.0. The molecule has 1 N–H and O–H groups in total. The van der Waals surface area contributed by atoms with Crippen molar-refractivity contribution in [1.29, 1.82) is 0 Å². The predicted octanol–water partition coefficient (Wildman–Crippen LogP) is 3.00. The molecule has 0 unspecified atom stereocenters. The molecule has 0 aliphatic carbocycles. The number of ether oxygens (including phenoxy) is 3. The summed E-state index contributed by atoms with van der Waals surface area (Å²) in [5.74, 6) is -0.145. The van der Waals surface area contributed by atoms with Crippen LogP contribution >= 0.6 is 0 Å². The quantitative estimate of drug-likeness (QED) is 0.502. The van der Waals surface area contributed by atoms with E-state index in [1.165, 1.54) is 56.7 Å². The third-order valence-corrected chi connectivity index (χ3v) is 3.12. The van der Waals surface area contributed by atoms with E-state index < -0.39 is 17.0 Å². The van der Waals surface area contributed by atoms with Crippen molar-refractivity contribution >= 4 is 23.4 Å². The number of esters is 1. The standard InChI is InChI=1S/C16H14N2O7/c1-23-14-8-3-10(15(19)24-2)9-13(14)17-16(20)25-12-6-4-11(5-7-12)18(21)22/h3-9H,1-2H3,(H,17,20). The van der Waals surface area contributed by atoms with Gasteiger partial charge >= 0.3 is 12.1 Å². The Morgan fingerprint density at radius 1 is 1.08 bits per heavy atom. The van der Waals surface area contributed by atoms with Crippen LogP contribution in [0.2, 0.25) is 0 Å². The Bertz CT molecular complexity index is 803. The molecular weight excluding hydrogens is 332 g/mol. The number of methoxy groups -OCH3 is 2. The van der Waals surface area contributed by atoms with Gasteiger partial charge in [-0.25, -0.2) is 9.59 Å². The highest BCUT2D eigenvalue weighted by molar-refractivity contribution is 5.94. The van der Waals surface area contributed by atoms with Crippen LogP contribution in [-0.4, -0.2) is 31.2 Å². The molecule has 0 aromatic heterocycles. The zero-order valence-corrected chi connectivity index (χ0v) is 13.3. The van der Waals surface area contributed by atoms with Gasteiger partial charge in [0.25, 0.3) is 5.69 Å². The molecule has 1 amide bonds. The minimum Gasteiger partial charge on any atom is -0.495 e. The predicted molar refractivity (Wildman–Crippen MR) is 87.1 cm³/mol. The van der Waals surface area contributed by atoms with E-state index in [-0.39, 0.29) is 22.7 Å². The van der Waals surface area contributed by atoms with E-state index in [0.717, 1.165) is 0 Å². The summed E-state index contributed by atoms with van der Waals surface area (Å²) in [6.45, 7) is 0. The van der Waals surface area contributed by atoms with E-state index >= 15 is 0 Å². The number of hydrogen-bond acceptors (Lipinski definition) is 7. The second-order valence-electron chi connectivity index (χ2n) is 4.67. The molecule has 0 heterocycles. The maximum Gasteiger partial charge on any atom is 0.417 e. The van der Waals surface area contributed by atoms with Crippen LogP contribution < -0.4 is 14.8 Å². The topological polar surface area (TPSA) is 117 Å². The van der Waals surface area contributed by atoms with Crippen molar-refractivity contribution in [3.05, 3.63) is 58.1 Å². The van der Waals surface area contributed by atoms with E-state index in [1.807, 2.05) is 0 Å². The minimum atomic E-state index is -0.853. The number of carbonyl (C=O) groups excluding carboxylic acids is 2. The lowest BCUT2D eigenvalue weighted by Crippen LogP contribution is -2.17. The molecule has 25 heavy (non-hydrogen) atoms. The second-order valence-corrected chi connectivity index (χ2v) is 4.67. The normalized spacial score (nSPS) is 9.84. The number of nitrogens with one attached hydrogen (secondary N) is 1. The van der Waals surface area contributed by atoms with Gasteiger partial charge in [0.15, 0.2) is 0 Å². The summed E-state index contributed by atoms with van der Waals surface area (Å²) >= 11 is 0. The third-order valence-electron chi connectivity index (χ3n) is 3.12. The Hall–Kier alpha value is -3.62. The zero-order valence-electron chi connectivity index (χ0n) is 13.3. The number of nitro groups is 1. The van der Waals surface area contributed by atoms with E-state index in [1.54, 1.807) is 0 Å². The Morgan fingerprint density at radius 3 is 2.32 bits per heavy atom. The van der Waals surface area contributed by atoms with Crippen LogP contribution in [0, 0.1) is 10.1 Å². The smallest absolute Gasteiger partial charge is 0.417 e. The van der Waals surface area contributed by atoms with Crippen molar-refractivity contribution in [2.75, 3.05) is 19.5 Å². The van der Waals surface area contributed by atoms with Gasteiger partial charge in [-0.15, -0.1) is 0 Å². The number of nitrogens with zero attached hydrogens (tertiary/aromatic N) is 1. The summed E-state index contributed by atoms with van der Waals surface area (Å²) in [5, 5.41) is 13.0. The molecular formula is C16H14N2O7. The number of non-ortho nitro benzene ring substituents is 1. The first kappa shape index (κ1) is 17.7. The number of benzene rings is 2. The number of rotatable bonds is 5. The maximum atomic E-state index is 12.0. The summed E-state index contributed by atoms with van der Waals surface area (Å²) in [5.41, 5.74) is 0.298. The summed E-state index contributed by atoms with van der Waals surface area (Å²) in [6, 6.07) is 9.36. The van der Waals surface area contributed by atoms with Gasteiger partial charge in [-0.2, -0.15) is 0 Å². The first-order valence-electron chi connectivity index (χ1n) is 6.94.